The van der Waals surface area contributed by atoms with Crippen LogP contribution in [-0.4, -0.2) is 24.2 Å². The fourth-order valence-corrected chi connectivity index (χ4v) is 1.74. The molecule has 0 amide bonds. The fourth-order valence-electron chi connectivity index (χ4n) is 1.74. The van der Waals surface area contributed by atoms with Crippen LogP contribution in [0.4, 0.5) is 4.39 Å². The second-order valence-corrected chi connectivity index (χ2v) is 4.08. The minimum atomic E-state index is -0.462. The number of hydrogen-bond donors (Lipinski definition) is 0. The van der Waals surface area contributed by atoms with E-state index in [1.807, 2.05) is 6.08 Å². The molecule has 0 N–H and O–H groups in total. The van der Waals surface area contributed by atoms with Gasteiger partial charge in [-0.05, 0) is 25.0 Å². The van der Waals surface area contributed by atoms with E-state index in [1.54, 1.807) is 13.0 Å². The summed E-state index contributed by atoms with van der Waals surface area (Å²) in [6.45, 7) is 1.79. The molecule has 0 saturated carbocycles. The molecule has 0 bridgehead atoms. The van der Waals surface area contributed by atoms with Crippen LogP contribution in [0.5, 0.6) is 17.5 Å². The molecule has 1 aromatic heterocycles. The number of ether oxygens (including phenoxy) is 3. The van der Waals surface area contributed by atoms with Gasteiger partial charge in [-0.2, -0.15) is 9.97 Å². The molecule has 0 radical (unpaired) electrons. The maximum atomic E-state index is 14.0. The van der Waals surface area contributed by atoms with E-state index in [1.165, 1.54) is 26.6 Å². The summed E-state index contributed by atoms with van der Waals surface area (Å²) in [6, 6.07) is 0. The van der Waals surface area contributed by atoms with Crippen LogP contribution < -0.4 is 14.2 Å². The molecule has 0 fully saturated rings. The molecule has 1 aliphatic rings. The number of halogens is 1. The third kappa shape index (κ3) is 2.79. The topological polar surface area (TPSA) is 53.5 Å². The molecule has 0 saturated heterocycles. The second-order valence-electron chi connectivity index (χ2n) is 4.08. The molecule has 0 aliphatic heterocycles. The number of nitrogens with zero attached hydrogens (tertiary/aromatic N) is 2. The first-order chi connectivity index (χ1) is 9.67. The highest BCUT2D eigenvalue weighted by atomic mass is 19.1. The lowest BCUT2D eigenvalue weighted by atomic mass is 10.2. The number of methoxy groups -OCH3 is 2. The van der Waals surface area contributed by atoms with Gasteiger partial charge in [-0.1, -0.05) is 12.2 Å². The van der Waals surface area contributed by atoms with Gasteiger partial charge in [0, 0.05) is 0 Å². The van der Waals surface area contributed by atoms with Crippen LogP contribution in [0.3, 0.4) is 0 Å². The lowest BCUT2D eigenvalue weighted by Gasteiger charge is -2.13. The van der Waals surface area contributed by atoms with Crippen LogP contribution in [0.25, 0.3) is 0 Å². The Morgan fingerprint density at radius 1 is 1.15 bits per heavy atom. The van der Waals surface area contributed by atoms with Crippen molar-refractivity contribution in [1.82, 2.24) is 9.97 Å². The van der Waals surface area contributed by atoms with Crippen LogP contribution in [0.2, 0.25) is 0 Å². The third-order valence-electron chi connectivity index (χ3n) is 2.74. The molecular formula is C14H15FN2O3. The lowest BCUT2D eigenvalue weighted by molar-refractivity contribution is 0.306. The van der Waals surface area contributed by atoms with E-state index in [9.17, 15) is 4.39 Å². The first-order valence-electron chi connectivity index (χ1n) is 6.00. The molecule has 6 heteroatoms. The number of allylic oxidation sites excluding steroid dienone is 5. The lowest BCUT2D eigenvalue weighted by Crippen LogP contribution is -2.04. The molecule has 0 atom stereocenters. The van der Waals surface area contributed by atoms with E-state index >= 15 is 0 Å². The van der Waals surface area contributed by atoms with Crippen LogP contribution in [0, 0.1) is 0 Å². The quantitative estimate of drug-likeness (QED) is 0.847. The highest BCUT2D eigenvalue weighted by Crippen LogP contribution is 2.35. The predicted octanol–water partition coefficient (Wildman–Crippen LogP) is 2.96. The Bertz CT molecular complexity index is 594. The molecule has 106 valence electrons. The molecule has 1 aliphatic carbocycles. The molecule has 2 rings (SSSR count). The minimum absolute atomic E-state index is 0.110. The molecular weight excluding hydrogens is 263 g/mol. The van der Waals surface area contributed by atoms with Gasteiger partial charge in [0.05, 0.1) is 14.2 Å². The Labute approximate surface area is 116 Å². The summed E-state index contributed by atoms with van der Waals surface area (Å²) >= 11 is 0. The summed E-state index contributed by atoms with van der Waals surface area (Å²) in [5.74, 6) is 0.233. The van der Waals surface area contributed by atoms with Gasteiger partial charge in [0.1, 0.15) is 6.33 Å². The highest BCUT2D eigenvalue weighted by molar-refractivity contribution is 5.44. The number of hydrogen-bond acceptors (Lipinski definition) is 5. The molecule has 5 nitrogen and oxygen atoms in total. The highest BCUT2D eigenvalue weighted by Gasteiger charge is 2.19. The largest absolute Gasteiger partial charge is 0.487 e. The average molecular weight is 278 g/mol. The molecule has 1 aromatic rings. The zero-order valence-electron chi connectivity index (χ0n) is 11.5. The van der Waals surface area contributed by atoms with E-state index < -0.39 is 5.83 Å². The van der Waals surface area contributed by atoms with E-state index in [0.717, 1.165) is 5.57 Å². The minimum Gasteiger partial charge on any atom is -0.487 e. The Balaban J connectivity index is 2.39. The van der Waals surface area contributed by atoms with Gasteiger partial charge in [-0.15, -0.1) is 0 Å². The van der Waals surface area contributed by atoms with Crippen molar-refractivity contribution in [2.24, 2.45) is 0 Å². The summed E-state index contributed by atoms with van der Waals surface area (Å²) in [5.41, 5.74) is 0.757. The van der Waals surface area contributed by atoms with Crippen molar-refractivity contribution in [1.29, 1.82) is 0 Å². The third-order valence-corrected chi connectivity index (χ3v) is 2.74. The maximum absolute atomic E-state index is 14.0. The van der Waals surface area contributed by atoms with Crippen LogP contribution in [0.1, 0.15) is 13.3 Å². The van der Waals surface area contributed by atoms with Crippen molar-refractivity contribution in [3.05, 3.63) is 41.7 Å². The number of aromatic nitrogens is 2. The van der Waals surface area contributed by atoms with Gasteiger partial charge in [0.15, 0.2) is 11.6 Å². The monoisotopic (exact) mass is 278 g/mol. The predicted molar refractivity (Wildman–Crippen MR) is 71.4 cm³/mol. The Hall–Kier alpha value is -2.37. The zero-order valence-corrected chi connectivity index (χ0v) is 11.5. The van der Waals surface area contributed by atoms with Crippen molar-refractivity contribution in [3.63, 3.8) is 0 Å². The van der Waals surface area contributed by atoms with E-state index in [2.05, 4.69) is 9.97 Å². The maximum Gasteiger partial charge on any atom is 0.270 e. The van der Waals surface area contributed by atoms with Gasteiger partial charge in [0.2, 0.25) is 5.75 Å². The summed E-state index contributed by atoms with van der Waals surface area (Å²) in [5, 5.41) is 0. The molecule has 20 heavy (non-hydrogen) atoms. The summed E-state index contributed by atoms with van der Waals surface area (Å²) in [4.78, 5) is 7.87. The Kier molecular flexibility index (Phi) is 4.34. The van der Waals surface area contributed by atoms with Crippen molar-refractivity contribution in [2.45, 2.75) is 13.3 Å². The molecule has 0 unspecified atom stereocenters. The fraction of sp³-hybridized carbons (Fsp3) is 0.286. The van der Waals surface area contributed by atoms with Gasteiger partial charge in [0.25, 0.3) is 11.8 Å². The average Bonchev–Trinajstić information content (AvgIpc) is 2.62. The molecule has 0 spiro atoms. The summed E-state index contributed by atoms with van der Waals surface area (Å²) in [6.07, 6.45) is 6.71. The van der Waals surface area contributed by atoms with E-state index in [-0.39, 0.29) is 23.3 Å². The number of rotatable bonds is 4. The van der Waals surface area contributed by atoms with Gasteiger partial charge in [-0.25, -0.2) is 4.39 Å². The van der Waals surface area contributed by atoms with Crippen molar-refractivity contribution < 1.29 is 18.6 Å². The van der Waals surface area contributed by atoms with Gasteiger partial charge < -0.3 is 14.2 Å². The molecule has 1 heterocycles. The smallest absolute Gasteiger partial charge is 0.270 e. The van der Waals surface area contributed by atoms with E-state index in [4.69, 9.17) is 14.2 Å². The van der Waals surface area contributed by atoms with Gasteiger partial charge in [-0.3, -0.25) is 0 Å². The van der Waals surface area contributed by atoms with Crippen LogP contribution >= 0.6 is 0 Å². The summed E-state index contributed by atoms with van der Waals surface area (Å²) < 4.78 is 29.7. The Morgan fingerprint density at radius 2 is 1.90 bits per heavy atom. The first kappa shape index (κ1) is 14.0. The molecule has 0 aromatic carbocycles. The Morgan fingerprint density at radius 3 is 2.60 bits per heavy atom. The normalized spacial score (nSPS) is 14.7. The second kappa shape index (κ2) is 6.18. The van der Waals surface area contributed by atoms with Crippen molar-refractivity contribution in [2.75, 3.05) is 14.2 Å². The zero-order chi connectivity index (χ0) is 14.5. The van der Waals surface area contributed by atoms with Crippen LogP contribution in [0.15, 0.2) is 41.7 Å². The standard InChI is InChI=1S/C14H15FN2O3/c1-9-6-4-5-7-10(15)11(9)20-14-12(18-2)13(19-3)16-8-17-14/h4-5,7-8H,6H2,1-3H3. The summed E-state index contributed by atoms with van der Waals surface area (Å²) in [7, 11) is 2.89. The SMILES string of the molecule is COc1ncnc(OC2=C(C)CC=CC=C2F)c1OC. The van der Waals surface area contributed by atoms with E-state index in [0.29, 0.717) is 6.42 Å². The van der Waals surface area contributed by atoms with Gasteiger partial charge >= 0.3 is 0 Å². The van der Waals surface area contributed by atoms with Crippen molar-refractivity contribution >= 4 is 0 Å². The first-order valence-corrected chi connectivity index (χ1v) is 6.00. The van der Waals surface area contributed by atoms with Crippen LogP contribution in [-0.2, 0) is 0 Å². The van der Waals surface area contributed by atoms with Crippen molar-refractivity contribution in [3.8, 4) is 17.5 Å².